The van der Waals surface area contributed by atoms with E-state index in [2.05, 4.69) is 10.3 Å². The van der Waals surface area contributed by atoms with Crippen LogP contribution in [0.15, 0.2) is 61.1 Å². The van der Waals surface area contributed by atoms with Crippen LogP contribution in [0.1, 0.15) is 41.6 Å². The van der Waals surface area contributed by atoms with Crippen LogP contribution < -0.4 is 5.32 Å². The average molecular weight is 419 g/mol. The number of phenolic OH excluding ortho intramolecular Hbond substituents is 1. The number of anilines is 1. The number of fused-ring (bicyclic) bond motifs is 2. The lowest BCUT2D eigenvalue weighted by molar-refractivity contribution is -0.144. The molecule has 1 aliphatic carbocycles. The number of imidazole rings is 1. The molecule has 2 aliphatic rings. The molecule has 0 saturated heterocycles. The van der Waals surface area contributed by atoms with Crippen molar-refractivity contribution in [2.24, 2.45) is 0 Å². The molecule has 2 heterocycles. The third-order valence-electron chi connectivity index (χ3n) is 6.21. The fourth-order valence-electron chi connectivity index (χ4n) is 4.40. The number of hydrogen-bond acceptors (Lipinski definition) is 6. The molecule has 0 atom stereocenters. The molecule has 1 saturated carbocycles. The summed E-state index contributed by atoms with van der Waals surface area (Å²) in [6.45, 7) is 0. The van der Waals surface area contributed by atoms with Crippen LogP contribution in [0.5, 0.6) is 5.75 Å². The Kier molecular flexibility index (Phi) is 4.33. The third kappa shape index (κ3) is 3.25. The van der Waals surface area contributed by atoms with Gasteiger partial charge in [-0.3, -0.25) is 4.79 Å². The van der Waals surface area contributed by atoms with Gasteiger partial charge >= 0.3 is 5.97 Å². The Morgan fingerprint density at radius 2 is 1.77 bits per heavy atom. The normalized spacial score (nSPS) is 24.6. The van der Waals surface area contributed by atoms with Crippen molar-refractivity contribution >= 4 is 17.7 Å². The van der Waals surface area contributed by atoms with Crippen molar-refractivity contribution in [2.45, 2.75) is 36.9 Å². The molecule has 8 nitrogen and oxygen atoms in total. The highest BCUT2D eigenvalue weighted by Gasteiger charge is 2.52. The minimum atomic E-state index is -1.57. The van der Waals surface area contributed by atoms with Crippen molar-refractivity contribution in [1.29, 1.82) is 0 Å². The summed E-state index contributed by atoms with van der Waals surface area (Å²) in [5.41, 5.74) is -0.198. The Balaban J connectivity index is 1.28. The van der Waals surface area contributed by atoms with Gasteiger partial charge in [-0.25, -0.2) is 9.78 Å². The highest BCUT2D eigenvalue weighted by Crippen LogP contribution is 2.49. The molecule has 158 valence electrons. The van der Waals surface area contributed by atoms with E-state index in [0.29, 0.717) is 24.2 Å². The van der Waals surface area contributed by atoms with Crippen molar-refractivity contribution in [3.05, 3.63) is 72.2 Å². The first-order valence-electron chi connectivity index (χ1n) is 10.1. The number of nitrogens with one attached hydrogen (secondary N) is 1. The molecule has 0 radical (unpaired) electrons. The molecule has 1 fully saturated rings. The molecule has 31 heavy (non-hydrogen) atoms. The molecule has 8 heteroatoms. The zero-order chi connectivity index (χ0) is 21.6. The maximum atomic E-state index is 12.8. The van der Waals surface area contributed by atoms with E-state index in [1.807, 2.05) is 12.1 Å². The van der Waals surface area contributed by atoms with Gasteiger partial charge in [0, 0.05) is 11.3 Å². The van der Waals surface area contributed by atoms with Crippen LogP contribution in [0.4, 0.5) is 5.82 Å². The Bertz CT molecular complexity index is 1160. The first-order chi connectivity index (χ1) is 14.9. The van der Waals surface area contributed by atoms with Crippen LogP contribution >= 0.6 is 0 Å². The van der Waals surface area contributed by atoms with Gasteiger partial charge in [-0.15, -0.1) is 0 Å². The van der Waals surface area contributed by atoms with Crippen LogP contribution in [-0.2, 0) is 15.1 Å². The van der Waals surface area contributed by atoms with E-state index in [1.165, 1.54) is 6.33 Å². The lowest BCUT2D eigenvalue weighted by Crippen LogP contribution is -2.49. The first kappa shape index (κ1) is 19.3. The van der Waals surface area contributed by atoms with Gasteiger partial charge in [0.05, 0.1) is 11.8 Å². The second-order valence-electron chi connectivity index (χ2n) is 8.10. The van der Waals surface area contributed by atoms with E-state index in [0.717, 1.165) is 11.3 Å². The van der Waals surface area contributed by atoms with E-state index in [9.17, 15) is 19.8 Å². The maximum Gasteiger partial charge on any atom is 0.339 e. The predicted molar refractivity (Wildman–Crippen MR) is 111 cm³/mol. The van der Waals surface area contributed by atoms with Gasteiger partial charge < -0.3 is 24.8 Å². The number of esters is 1. The quantitative estimate of drug-likeness (QED) is 0.563. The van der Waals surface area contributed by atoms with Crippen LogP contribution in [0, 0.1) is 0 Å². The zero-order valence-corrected chi connectivity index (χ0v) is 16.6. The maximum absolute atomic E-state index is 12.8. The molecule has 1 spiro atoms. The van der Waals surface area contributed by atoms with Crippen LogP contribution in [0.2, 0.25) is 0 Å². The van der Waals surface area contributed by atoms with Gasteiger partial charge in [0.1, 0.15) is 23.3 Å². The second kappa shape index (κ2) is 6.95. The number of aromatic nitrogens is 2. The van der Waals surface area contributed by atoms with Crippen LogP contribution in [0.25, 0.3) is 5.69 Å². The standard InChI is InChI=1S/C23H21N3O5/c27-16-7-5-15(6-8-16)26-13-19(24-14-26)25-21(29)22(30)9-11-23(12-10-22)18-4-2-1-3-17(18)20(28)31-23/h1-8,13-14,27,30H,9-12H2,(H,25,29). The number of aliphatic hydroxyl groups is 1. The highest BCUT2D eigenvalue weighted by atomic mass is 16.6. The lowest BCUT2D eigenvalue weighted by atomic mass is 9.72. The Hall–Kier alpha value is -3.65. The molecule has 3 N–H and O–H groups in total. The monoisotopic (exact) mass is 419 g/mol. The van der Waals surface area contributed by atoms with Gasteiger partial charge in [-0.2, -0.15) is 0 Å². The van der Waals surface area contributed by atoms with Crippen molar-refractivity contribution in [2.75, 3.05) is 5.32 Å². The van der Waals surface area contributed by atoms with E-state index in [1.54, 1.807) is 47.2 Å². The summed E-state index contributed by atoms with van der Waals surface area (Å²) in [5, 5.41) is 23.1. The summed E-state index contributed by atoms with van der Waals surface area (Å²) in [5.74, 6) is -0.421. The molecule has 1 aromatic heterocycles. The number of benzene rings is 2. The summed E-state index contributed by atoms with van der Waals surface area (Å²) >= 11 is 0. The third-order valence-corrected chi connectivity index (χ3v) is 6.21. The van der Waals surface area contributed by atoms with Gasteiger partial charge in [0.25, 0.3) is 5.91 Å². The number of carbonyl (C=O) groups is 2. The van der Waals surface area contributed by atoms with Crippen molar-refractivity contribution in [1.82, 2.24) is 9.55 Å². The average Bonchev–Trinajstić information content (AvgIpc) is 3.34. The number of phenols is 1. The highest BCUT2D eigenvalue weighted by molar-refractivity contribution is 5.97. The number of rotatable bonds is 3. The van der Waals surface area contributed by atoms with Crippen molar-refractivity contribution in [3.8, 4) is 11.4 Å². The van der Waals surface area contributed by atoms with Crippen molar-refractivity contribution < 1.29 is 24.5 Å². The summed E-state index contributed by atoms with van der Waals surface area (Å²) in [6.07, 6.45) is 4.23. The number of nitrogens with zero attached hydrogens (tertiary/aromatic N) is 2. The lowest BCUT2D eigenvalue weighted by Gasteiger charge is -2.40. The summed E-state index contributed by atoms with van der Waals surface area (Å²) in [6, 6.07) is 13.8. The van der Waals surface area contributed by atoms with Crippen molar-refractivity contribution in [3.63, 3.8) is 0 Å². The minimum absolute atomic E-state index is 0.158. The van der Waals surface area contributed by atoms with E-state index in [4.69, 9.17) is 4.74 Å². The molecule has 5 rings (SSSR count). The zero-order valence-electron chi connectivity index (χ0n) is 16.6. The molecule has 0 bridgehead atoms. The second-order valence-corrected chi connectivity index (χ2v) is 8.10. The molecule has 1 aliphatic heterocycles. The Morgan fingerprint density at radius 3 is 2.52 bits per heavy atom. The van der Waals surface area contributed by atoms with Gasteiger partial charge in [-0.05, 0) is 56.0 Å². The fraction of sp³-hybridized carbons (Fsp3) is 0.261. The van der Waals surface area contributed by atoms with E-state index >= 15 is 0 Å². The SMILES string of the molecule is O=C1OC2(CCC(O)(C(=O)Nc3cn(-c4ccc(O)cc4)cn3)CC2)c2ccccc21. The van der Waals surface area contributed by atoms with Crippen LogP contribution in [0.3, 0.4) is 0 Å². The molecule has 2 aromatic carbocycles. The van der Waals surface area contributed by atoms with E-state index < -0.39 is 17.1 Å². The molecule has 3 aromatic rings. The number of ether oxygens (including phenoxy) is 1. The Labute approximate surface area is 178 Å². The fourth-order valence-corrected chi connectivity index (χ4v) is 4.40. The number of amides is 1. The molecule has 1 amide bonds. The largest absolute Gasteiger partial charge is 0.508 e. The summed E-state index contributed by atoms with van der Waals surface area (Å²) in [7, 11) is 0. The summed E-state index contributed by atoms with van der Waals surface area (Å²) in [4.78, 5) is 29.2. The van der Waals surface area contributed by atoms with E-state index in [-0.39, 0.29) is 24.6 Å². The number of carbonyl (C=O) groups excluding carboxylic acids is 2. The number of aromatic hydroxyl groups is 1. The molecular formula is C23H21N3O5. The Morgan fingerprint density at radius 1 is 1.06 bits per heavy atom. The minimum Gasteiger partial charge on any atom is -0.508 e. The van der Waals surface area contributed by atoms with Gasteiger partial charge in [-0.1, -0.05) is 18.2 Å². The molecular weight excluding hydrogens is 398 g/mol. The molecule has 0 unspecified atom stereocenters. The number of hydrogen-bond donors (Lipinski definition) is 3. The topological polar surface area (TPSA) is 114 Å². The smallest absolute Gasteiger partial charge is 0.339 e. The van der Waals surface area contributed by atoms with Crippen LogP contribution in [-0.4, -0.2) is 37.2 Å². The van der Waals surface area contributed by atoms with Gasteiger partial charge in [0.15, 0.2) is 5.82 Å². The predicted octanol–water partition coefficient (Wildman–Crippen LogP) is 2.89. The van der Waals surface area contributed by atoms with Gasteiger partial charge in [0.2, 0.25) is 0 Å². The summed E-state index contributed by atoms with van der Waals surface area (Å²) < 4.78 is 7.40. The first-order valence-corrected chi connectivity index (χ1v) is 10.1.